The second kappa shape index (κ2) is 3.45. The molecule has 0 fully saturated rings. The van der Waals surface area contributed by atoms with Crippen molar-refractivity contribution in [3.63, 3.8) is 0 Å². The molecule has 1 aliphatic rings. The Hall–Kier alpha value is -1.31. The topological polar surface area (TPSA) is 29.1 Å². The molecule has 1 aromatic carbocycles. The smallest absolute Gasteiger partial charge is 0.217 e. The molecular formula is C12H15NO. The van der Waals surface area contributed by atoms with Crippen LogP contribution in [0.2, 0.25) is 0 Å². The van der Waals surface area contributed by atoms with E-state index in [2.05, 4.69) is 30.4 Å². The molecule has 1 aromatic rings. The Bertz CT molecular complexity index is 359. The van der Waals surface area contributed by atoms with Crippen molar-refractivity contribution in [1.29, 1.82) is 0 Å². The number of fused-ring (bicyclic) bond motifs is 1. The van der Waals surface area contributed by atoms with Crippen LogP contribution in [-0.4, -0.2) is 5.91 Å². The largest absolute Gasteiger partial charge is 0.349 e. The number of carbonyl (C=O) groups is 1. The number of amides is 1. The average Bonchev–Trinajstić information content (AvgIpc) is 2.43. The number of hydrogen-bond acceptors (Lipinski definition) is 1. The van der Waals surface area contributed by atoms with Crippen LogP contribution in [0.1, 0.15) is 31.0 Å². The molecule has 1 amide bonds. The molecule has 0 heterocycles. The van der Waals surface area contributed by atoms with E-state index in [0.717, 1.165) is 6.42 Å². The van der Waals surface area contributed by atoms with Gasteiger partial charge in [-0.1, -0.05) is 31.2 Å². The third-order valence-corrected chi connectivity index (χ3v) is 2.86. The van der Waals surface area contributed by atoms with Crippen molar-refractivity contribution in [1.82, 2.24) is 5.32 Å². The van der Waals surface area contributed by atoms with Crippen LogP contribution >= 0.6 is 0 Å². The van der Waals surface area contributed by atoms with Gasteiger partial charge in [-0.15, -0.1) is 0 Å². The molecule has 2 rings (SSSR count). The third-order valence-electron chi connectivity index (χ3n) is 2.86. The lowest BCUT2D eigenvalue weighted by Gasteiger charge is -2.17. The first-order chi connectivity index (χ1) is 6.68. The summed E-state index contributed by atoms with van der Waals surface area (Å²) in [5.74, 6) is 0.565. The van der Waals surface area contributed by atoms with Crippen LogP contribution in [0.5, 0.6) is 0 Å². The molecule has 0 saturated heterocycles. The maximum absolute atomic E-state index is 11.0. The van der Waals surface area contributed by atoms with E-state index in [1.54, 1.807) is 6.92 Å². The Balaban J connectivity index is 2.30. The lowest BCUT2D eigenvalue weighted by Crippen LogP contribution is -2.28. The summed E-state index contributed by atoms with van der Waals surface area (Å²) < 4.78 is 0. The SMILES string of the molecule is CC(=O)N[C@@H]1c2ccccc2C[C@H]1C. The van der Waals surface area contributed by atoms with Crippen LogP contribution in [0, 0.1) is 5.92 Å². The van der Waals surface area contributed by atoms with Crippen molar-refractivity contribution >= 4 is 5.91 Å². The molecule has 0 unspecified atom stereocenters. The van der Waals surface area contributed by atoms with Crippen molar-refractivity contribution in [3.05, 3.63) is 35.4 Å². The second-order valence-corrected chi connectivity index (χ2v) is 4.06. The zero-order valence-electron chi connectivity index (χ0n) is 8.58. The second-order valence-electron chi connectivity index (χ2n) is 4.06. The Morgan fingerprint density at radius 3 is 2.86 bits per heavy atom. The lowest BCUT2D eigenvalue weighted by molar-refractivity contribution is -0.119. The Labute approximate surface area is 84.3 Å². The van der Waals surface area contributed by atoms with Crippen molar-refractivity contribution in [2.45, 2.75) is 26.3 Å². The quantitative estimate of drug-likeness (QED) is 0.719. The van der Waals surface area contributed by atoms with E-state index < -0.39 is 0 Å². The minimum absolute atomic E-state index is 0.0542. The zero-order chi connectivity index (χ0) is 10.1. The van der Waals surface area contributed by atoms with E-state index in [0.29, 0.717) is 5.92 Å². The molecular weight excluding hydrogens is 174 g/mol. The minimum Gasteiger partial charge on any atom is -0.349 e. The van der Waals surface area contributed by atoms with E-state index >= 15 is 0 Å². The predicted molar refractivity (Wildman–Crippen MR) is 55.9 cm³/mol. The highest BCUT2D eigenvalue weighted by atomic mass is 16.1. The molecule has 0 aliphatic heterocycles. The van der Waals surface area contributed by atoms with Gasteiger partial charge in [-0.3, -0.25) is 4.79 Å². The van der Waals surface area contributed by atoms with Crippen molar-refractivity contribution in [2.75, 3.05) is 0 Å². The van der Waals surface area contributed by atoms with E-state index in [1.165, 1.54) is 11.1 Å². The summed E-state index contributed by atoms with van der Waals surface area (Å²) in [6, 6.07) is 8.56. The molecule has 2 atom stereocenters. The van der Waals surface area contributed by atoms with Gasteiger partial charge in [-0.05, 0) is 23.5 Å². The summed E-state index contributed by atoms with van der Waals surface area (Å²) in [6.07, 6.45) is 1.07. The van der Waals surface area contributed by atoms with Crippen molar-refractivity contribution < 1.29 is 4.79 Å². The molecule has 0 saturated carbocycles. The summed E-state index contributed by atoms with van der Waals surface area (Å²) >= 11 is 0. The van der Waals surface area contributed by atoms with Gasteiger partial charge in [-0.2, -0.15) is 0 Å². The molecule has 1 N–H and O–H groups in total. The highest BCUT2D eigenvalue weighted by Gasteiger charge is 2.29. The molecule has 74 valence electrons. The van der Waals surface area contributed by atoms with Gasteiger partial charge in [0.15, 0.2) is 0 Å². The molecule has 1 aliphatic carbocycles. The van der Waals surface area contributed by atoms with Crippen LogP contribution < -0.4 is 5.32 Å². The summed E-state index contributed by atoms with van der Waals surface area (Å²) in [4.78, 5) is 11.0. The van der Waals surface area contributed by atoms with Crippen LogP contribution in [0.3, 0.4) is 0 Å². The van der Waals surface area contributed by atoms with Gasteiger partial charge in [0.25, 0.3) is 0 Å². The Morgan fingerprint density at radius 1 is 1.43 bits per heavy atom. The molecule has 0 bridgehead atoms. The monoisotopic (exact) mass is 189 g/mol. The Kier molecular flexibility index (Phi) is 2.28. The highest BCUT2D eigenvalue weighted by molar-refractivity contribution is 5.73. The fourth-order valence-corrected chi connectivity index (χ4v) is 2.23. The maximum Gasteiger partial charge on any atom is 0.217 e. The first-order valence-corrected chi connectivity index (χ1v) is 5.03. The summed E-state index contributed by atoms with van der Waals surface area (Å²) in [7, 11) is 0. The van der Waals surface area contributed by atoms with E-state index in [9.17, 15) is 4.79 Å². The van der Waals surface area contributed by atoms with E-state index in [-0.39, 0.29) is 11.9 Å². The van der Waals surface area contributed by atoms with Gasteiger partial charge >= 0.3 is 0 Å². The van der Waals surface area contributed by atoms with Crippen molar-refractivity contribution in [2.24, 2.45) is 5.92 Å². The molecule has 0 aromatic heterocycles. The van der Waals surface area contributed by atoms with Gasteiger partial charge in [0, 0.05) is 6.92 Å². The standard InChI is InChI=1S/C12H15NO/c1-8-7-10-5-3-4-6-11(10)12(8)13-9(2)14/h3-6,8,12H,7H2,1-2H3,(H,13,14)/t8-,12+/m1/s1. The number of carbonyl (C=O) groups excluding carboxylic acids is 1. The van der Waals surface area contributed by atoms with Gasteiger partial charge in [-0.25, -0.2) is 0 Å². The van der Waals surface area contributed by atoms with Crippen LogP contribution in [0.15, 0.2) is 24.3 Å². The number of hydrogen-bond donors (Lipinski definition) is 1. The number of rotatable bonds is 1. The molecule has 0 radical (unpaired) electrons. The van der Waals surface area contributed by atoms with Crippen LogP contribution in [0.25, 0.3) is 0 Å². The van der Waals surface area contributed by atoms with Crippen molar-refractivity contribution in [3.8, 4) is 0 Å². The zero-order valence-corrected chi connectivity index (χ0v) is 8.58. The fourth-order valence-electron chi connectivity index (χ4n) is 2.23. The van der Waals surface area contributed by atoms with Gasteiger partial charge < -0.3 is 5.32 Å². The third kappa shape index (κ3) is 1.52. The van der Waals surface area contributed by atoms with Gasteiger partial charge in [0.2, 0.25) is 5.91 Å². The first kappa shape index (κ1) is 9.25. The van der Waals surface area contributed by atoms with E-state index in [1.807, 2.05) is 6.07 Å². The Morgan fingerprint density at radius 2 is 2.14 bits per heavy atom. The predicted octanol–water partition coefficient (Wildman–Crippen LogP) is 2.06. The fraction of sp³-hybridized carbons (Fsp3) is 0.417. The molecule has 0 spiro atoms. The normalized spacial score (nSPS) is 24.4. The van der Waals surface area contributed by atoms with Crippen LogP contribution in [-0.2, 0) is 11.2 Å². The highest BCUT2D eigenvalue weighted by Crippen LogP contribution is 2.35. The maximum atomic E-state index is 11.0. The average molecular weight is 189 g/mol. The number of nitrogens with one attached hydrogen (secondary N) is 1. The molecule has 2 heteroatoms. The van der Waals surface area contributed by atoms with Gasteiger partial charge in [0.05, 0.1) is 6.04 Å². The summed E-state index contributed by atoms with van der Waals surface area (Å²) in [6.45, 7) is 3.76. The minimum atomic E-state index is 0.0542. The molecule has 14 heavy (non-hydrogen) atoms. The number of benzene rings is 1. The first-order valence-electron chi connectivity index (χ1n) is 5.03. The summed E-state index contributed by atoms with van der Waals surface area (Å²) in [5, 5.41) is 3.01. The lowest BCUT2D eigenvalue weighted by atomic mass is 10.0. The van der Waals surface area contributed by atoms with E-state index in [4.69, 9.17) is 0 Å². The summed E-state index contributed by atoms with van der Waals surface area (Å²) in [5.41, 5.74) is 2.66. The molecule has 2 nitrogen and oxygen atoms in total. The van der Waals surface area contributed by atoms with Crippen LogP contribution in [0.4, 0.5) is 0 Å². The van der Waals surface area contributed by atoms with Gasteiger partial charge in [0.1, 0.15) is 0 Å².